The smallest absolute Gasteiger partial charge is 0.0366 e. The van der Waals surface area contributed by atoms with Gasteiger partial charge in [-0.3, -0.25) is 0 Å². The van der Waals surface area contributed by atoms with Gasteiger partial charge in [0.15, 0.2) is 0 Å². The van der Waals surface area contributed by atoms with Crippen LogP contribution in [-0.2, 0) is 6.42 Å². The van der Waals surface area contributed by atoms with Crippen LogP contribution in [-0.4, -0.2) is 19.1 Å². The average Bonchev–Trinajstić information content (AvgIpc) is 2.48. The second-order valence-corrected chi connectivity index (χ2v) is 5.88. The quantitative estimate of drug-likeness (QED) is 0.876. The number of anilines is 1. The van der Waals surface area contributed by atoms with Crippen molar-refractivity contribution >= 4 is 5.69 Å². The zero-order valence-corrected chi connectivity index (χ0v) is 12.4. The first-order valence-corrected chi connectivity index (χ1v) is 7.82. The van der Waals surface area contributed by atoms with Crippen molar-refractivity contribution in [2.75, 3.05) is 18.0 Å². The van der Waals surface area contributed by atoms with Gasteiger partial charge in [-0.1, -0.05) is 32.4 Å². The Labute approximate surface area is 118 Å². The van der Waals surface area contributed by atoms with Crippen LogP contribution in [0, 0.1) is 5.92 Å². The van der Waals surface area contributed by atoms with Gasteiger partial charge in [-0.15, -0.1) is 0 Å². The van der Waals surface area contributed by atoms with Gasteiger partial charge in [-0.2, -0.15) is 0 Å². The highest BCUT2D eigenvalue weighted by atomic mass is 15.1. The summed E-state index contributed by atoms with van der Waals surface area (Å²) in [7, 11) is 0. The van der Waals surface area contributed by atoms with E-state index >= 15 is 0 Å². The number of nitrogens with zero attached hydrogens (tertiary/aromatic N) is 1. The molecule has 2 N–H and O–H groups in total. The van der Waals surface area contributed by atoms with Crippen molar-refractivity contribution in [3.8, 4) is 0 Å². The average molecular weight is 260 g/mol. The lowest BCUT2D eigenvalue weighted by Crippen LogP contribution is -2.33. The van der Waals surface area contributed by atoms with Gasteiger partial charge < -0.3 is 10.6 Å². The van der Waals surface area contributed by atoms with E-state index in [1.54, 1.807) is 0 Å². The Bertz CT molecular complexity index is 363. The van der Waals surface area contributed by atoms with Gasteiger partial charge in [-0.25, -0.2) is 0 Å². The third kappa shape index (κ3) is 3.97. The molecule has 1 fully saturated rings. The van der Waals surface area contributed by atoms with E-state index in [2.05, 4.69) is 43.0 Å². The monoisotopic (exact) mass is 260 g/mol. The molecule has 1 heterocycles. The zero-order chi connectivity index (χ0) is 13.7. The first kappa shape index (κ1) is 14.4. The number of rotatable bonds is 5. The van der Waals surface area contributed by atoms with Crippen LogP contribution < -0.4 is 10.6 Å². The van der Waals surface area contributed by atoms with E-state index < -0.39 is 0 Å². The first-order chi connectivity index (χ1) is 9.22. The molecule has 1 aliphatic rings. The van der Waals surface area contributed by atoms with E-state index in [0.717, 1.165) is 18.8 Å². The highest BCUT2D eigenvalue weighted by Crippen LogP contribution is 2.25. The fourth-order valence-corrected chi connectivity index (χ4v) is 2.89. The van der Waals surface area contributed by atoms with Crippen molar-refractivity contribution in [2.45, 2.75) is 52.0 Å². The lowest BCUT2D eigenvalue weighted by Gasteiger charge is -2.33. The molecule has 19 heavy (non-hydrogen) atoms. The lowest BCUT2D eigenvalue weighted by molar-refractivity contribution is 0.395. The van der Waals surface area contributed by atoms with Crippen LogP contribution in [0.3, 0.4) is 0 Å². The third-order valence-corrected chi connectivity index (χ3v) is 4.52. The Balaban J connectivity index is 1.91. The summed E-state index contributed by atoms with van der Waals surface area (Å²) in [4.78, 5) is 2.52. The predicted molar refractivity (Wildman–Crippen MR) is 83.6 cm³/mol. The van der Waals surface area contributed by atoms with E-state index in [-0.39, 0.29) is 0 Å². The van der Waals surface area contributed by atoms with Crippen LogP contribution in [0.4, 0.5) is 5.69 Å². The minimum Gasteiger partial charge on any atom is -0.372 e. The molecule has 1 aliphatic heterocycles. The normalized spacial score (nSPS) is 18.6. The standard InChI is InChI=1S/C17H28N2/c1-3-14-9-11-19(12-10-14)17-7-5-15(6-8-17)13-16(18)4-2/h5-8,14,16H,3-4,9-13,18H2,1-2H3. The fourth-order valence-electron chi connectivity index (χ4n) is 2.89. The molecule has 0 aliphatic carbocycles. The molecule has 1 atom stereocenters. The third-order valence-electron chi connectivity index (χ3n) is 4.52. The maximum Gasteiger partial charge on any atom is 0.0366 e. The molecule has 106 valence electrons. The number of benzene rings is 1. The molecule has 1 unspecified atom stereocenters. The SMILES string of the molecule is CCC(N)Cc1ccc(N2CCC(CC)CC2)cc1. The Morgan fingerprint density at radius 1 is 1.16 bits per heavy atom. The highest BCUT2D eigenvalue weighted by molar-refractivity contribution is 5.48. The van der Waals surface area contributed by atoms with E-state index in [9.17, 15) is 0 Å². The summed E-state index contributed by atoms with van der Waals surface area (Å²) >= 11 is 0. The Morgan fingerprint density at radius 3 is 2.32 bits per heavy atom. The van der Waals surface area contributed by atoms with Crippen molar-refractivity contribution in [2.24, 2.45) is 11.7 Å². The number of hydrogen-bond acceptors (Lipinski definition) is 2. The van der Waals surface area contributed by atoms with Crippen molar-refractivity contribution in [3.63, 3.8) is 0 Å². The number of hydrogen-bond donors (Lipinski definition) is 1. The molecule has 2 nitrogen and oxygen atoms in total. The van der Waals surface area contributed by atoms with Crippen LogP contribution in [0.15, 0.2) is 24.3 Å². The second-order valence-electron chi connectivity index (χ2n) is 5.88. The molecular formula is C17H28N2. The minimum atomic E-state index is 0.297. The van der Waals surface area contributed by atoms with Crippen molar-refractivity contribution in [1.82, 2.24) is 0 Å². The van der Waals surface area contributed by atoms with Crippen molar-refractivity contribution in [3.05, 3.63) is 29.8 Å². The topological polar surface area (TPSA) is 29.3 Å². The molecule has 0 saturated carbocycles. The van der Waals surface area contributed by atoms with Crippen LogP contribution >= 0.6 is 0 Å². The molecule has 1 aromatic carbocycles. The molecular weight excluding hydrogens is 232 g/mol. The molecule has 1 aromatic rings. The zero-order valence-electron chi connectivity index (χ0n) is 12.4. The molecule has 0 bridgehead atoms. The van der Waals surface area contributed by atoms with Crippen molar-refractivity contribution < 1.29 is 0 Å². The first-order valence-electron chi connectivity index (χ1n) is 7.82. The molecule has 2 heteroatoms. The predicted octanol–water partition coefficient (Wildman–Crippen LogP) is 3.59. The molecule has 0 radical (unpaired) electrons. The van der Waals surface area contributed by atoms with E-state index in [1.165, 1.54) is 43.6 Å². The van der Waals surface area contributed by atoms with Gasteiger partial charge in [0.25, 0.3) is 0 Å². The molecule has 2 rings (SSSR count). The summed E-state index contributed by atoms with van der Waals surface area (Å²) in [5.74, 6) is 0.943. The fraction of sp³-hybridized carbons (Fsp3) is 0.647. The largest absolute Gasteiger partial charge is 0.372 e. The summed E-state index contributed by atoms with van der Waals surface area (Å²) in [6.45, 7) is 6.89. The van der Waals surface area contributed by atoms with Gasteiger partial charge in [0.2, 0.25) is 0 Å². The Morgan fingerprint density at radius 2 is 1.79 bits per heavy atom. The highest BCUT2D eigenvalue weighted by Gasteiger charge is 2.17. The maximum atomic E-state index is 6.01. The minimum absolute atomic E-state index is 0.297. The second kappa shape index (κ2) is 6.95. The summed E-state index contributed by atoms with van der Waals surface area (Å²) in [5, 5.41) is 0. The summed E-state index contributed by atoms with van der Waals surface area (Å²) in [5.41, 5.74) is 8.75. The Hall–Kier alpha value is -1.02. The van der Waals surface area contributed by atoms with E-state index in [0.29, 0.717) is 6.04 Å². The summed E-state index contributed by atoms with van der Waals surface area (Å²) < 4.78 is 0. The molecule has 0 spiro atoms. The van der Waals surface area contributed by atoms with Crippen LogP contribution in [0.25, 0.3) is 0 Å². The number of piperidine rings is 1. The molecule has 0 aromatic heterocycles. The van der Waals surface area contributed by atoms with E-state index in [4.69, 9.17) is 5.73 Å². The van der Waals surface area contributed by atoms with Crippen molar-refractivity contribution in [1.29, 1.82) is 0 Å². The molecule has 1 saturated heterocycles. The Kier molecular flexibility index (Phi) is 5.26. The number of nitrogens with two attached hydrogens (primary N) is 1. The lowest BCUT2D eigenvalue weighted by atomic mass is 9.94. The van der Waals surface area contributed by atoms with Crippen LogP contribution in [0.1, 0.15) is 45.1 Å². The van der Waals surface area contributed by atoms with Crippen LogP contribution in [0.5, 0.6) is 0 Å². The van der Waals surface area contributed by atoms with E-state index in [1.807, 2.05) is 0 Å². The van der Waals surface area contributed by atoms with Gasteiger partial charge in [0.1, 0.15) is 0 Å². The van der Waals surface area contributed by atoms with Crippen LogP contribution in [0.2, 0.25) is 0 Å². The molecule has 0 amide bonds. The van der Waals surface area contributed by atoms with Gasteiger partial charge in [-0.05, 0) is 49.3 Å². The maximum absolute atomic E-state index is 6.01. The van der Waals surface area contributed by atoms with Gasteiger partial charge in [0.05, 0.1) is 0 Å². The van der Waals surface area contributed by atoms with Gasteiger partial charge in [0, 0.05) is 24.8 Å². The summed E-state index contributed by atoms with van der Waals surface area (Å²) in [6, 6.07) is 9.33. The van der Waals surface area contributed by atoms with Gasteiger partial charge >= 0.3 is 0 Å². The summed E-state index contributed by atoms with van der Waals surface area (Å²) in [6.07, 6.45) is 6.07.